The Morgan fingerprint density at radius 3 is 0.866 bits per heavy atom. The van der Waals surface area contributed by atoms with E-state index in [1.54, 1.807) is 0 Å². The van der Waals surface area contributed by atoms with E-state index in [1.807, 2.05) is 22.7 Å². The van der Waals surface area contributed by atoms with Gasteiger partial charge in [0.15, 0.2) is 0 Å². The van der Waals surface area contributed by atoms with E-state index in [9.17, 15) is 0 Å². The topological polar surface area (TPSA) is 6.48 Å². The van der Waals surface area contributed by atoms with Gasteiger partial charge in [0, 0.05) is 90.7 Å². The zero-order valence-electron chi connectivity index (χ0n) is 55.1. The number of fused-ring (bicyclic) bond motifs is 17. The number of rotatable bonds is 10. The molecule has 0 fully saturated rings. The minimum absolute atomic E-state index is 0.174. The summed E-state index contributed by atoms with van der Waals surface area (Å²) in [5.41, 5.74) is 27.2. The Morgan fingerprint density at radius 2 is 0.495 bits per heavy atom. The monoisotopic (exact) mass is 1280 g/mol. The first-order valence-corrected chi connectivity index (χ1v) is 35.6. The van der Waals surface area contributed by atoms with Crippen LogP contribution in [-0.2, 0) is 16.2 Å². The highest BCUT2D eigenvalue weighted by atomic mass is 32.1. The maximum atomic E-state index is 2.46. The average Bonchev–Trinajstić information content (AvgIpc) is 1.60. The van der Waals surface area contributed by atoms with Crippen molar-refractivity contribution < 1.29 is 0 Å². The minimum Gasteiger partial charge on any atom is -0.310 e. The molecule has 2 nitrogen and oxygen atoms in total. The molecule has 19 rings (SSSR count). The lowest BCUT2D eigenvalue weighted by Gasteiger charge is -2.28. The van der Waals surface area contributed by atoms with Gasteiger partial charge in [-0.2, -0.15) is 0 Å². The summed E-state index contributed by atoms with van der Waals surface area (Å²) in [5.74, 6) is 0. The molecule has 3 aliphatic rings. The van der Waals surface area contributed by atoms with Crippen molar-refractivity contribution in [2.24, 2.45) is 0 Å². The van der Waals surface area contributed by atoms with Crippen LogP contribution in [0, 0.1) is 0 Å². The van der Waals surface area contributed by atoms with Crippen molar-refractivity contribution in [3.8, 4) is 33.4 Å². The van der Waals surface area contributed by atoms with Crippen LogP contribution in [0.5, 0.6) is 0 Å². The van der Waals surface area contributed by atoms with E-state index in [1.165, 1.54) is 151 Å². The summed E-state index contributed by atoms with van der Waals surface area (Å²) in [6.07, 6.45) is 9.23. The largest absolute Gasteiger partial charge is 0.310 e. The van der Waals surface area contributed by atoms with Crippen LogP contribution in [0.3, 0.4) is 0 Å². The minimum atomic E-state index is -0.220. The van der Waals surface area contributed by atoms with Gasteiger partial charge in [0.2, 0.25) is 0 Å². The van der Waals surface area contributed by atoms with E-state index >= 15 is 0 Å². The molecule has 14 aromatic carbocycles. The van der Waals surface area contributed by atoms with Gasteiger partial charge in [-0.3, -0.25) is 0 Å². The van der Waals surface area contributed by atoms with Crippen molar-refractivity contribution in [2.45, 2.75) is 57.8 Å². The first-order chi connectivity index (χ1) is 47.3. The fourth-order valence-electron chi connectivity index (χ4n) is 16.6. The van der Waals surface area contributed by atoms with Crippen LogP contribution in [0.4, 0.5) is 34.1 Å². The Balaban J connectivity index is 0.579. The van der Waals surface area contributed by atoms with Crippen LogP contribution >= 0.6 is 22.7 Å². The lowest BCUT2D eigenvalue weighted by Crippen LogP contribution is -2.16. The summed E-state index contributed by atoms with van der Waals surface area (Å²) in [7, 11) is 0. The van der Waals surface area contributed by atoms with Gasteiger partial charge in [-0.05, 0) is 208 Å². The number of thiophene rings is 2. The molecule has 0 unspecified atom stereocenters. The summed E-state index contributed by atoms with van der Waals surface area (Å²) in [4.78, 5) is 4.91. The Morgan fingerprint density at radius 1 is 0.227 bits per heavy atom. The highest BCUT2D eigenvalue weighted by molar-refractivity contribution is 7.26. The van der Waals surface area contributed by atoms with Gasteiger partial charge in [-0.25, -0.2) is 0 Å². The fraction of sp³-hybridized carbons (Fsp3) is 0.0968. The number of benzene rings is 14. The molecule has 3 aliphatic carbocycles. The van der Waals surface area contributed by atoms with Gasteiger partial charge >= 0.3 is 0 Å². The van der Waals surface area contributed by atoms with Crippen LogP contribution in [0.25, 0.3) is 120 Å². The molecule has 4 heteroatoms. The summed E-state index contributed by atoms with van der Waals surface area (Å²) >= 11 is 3.73. The van der Waals surface area contributed by atoms with E-state index in [-0.39, 0.29) is 16.2 Å². The van der Waals surface area contributed by atoms with Gasteiger partial charge in [0.05, 0.1) is 0 Å². The lowest BCUT2D eigenvalue weighted by molar-refractivity contribution is 0.660. The molecule has 0 atom stereocenters. The fourth-order valence-corrected chi connectivity index (χ4v) is 18.7. The van der Waals surface area contributed by atoms with Crippen LogP contribution in [0.15, 0.2) is 279 Å². The molecule has 0 amide bonds. The zero-order chi connectivity index (χ0) is 65.1. The standard InChI is InChI=1S/C93H68N2S2/c1-91(2)81-47-57(23-25-59-29-41-73-75-43-35-69(55-85(75)92(3,4)83(73)49-59)94(65-33-31-61-15-7-9-17-63(61)51-65)67-37-45-89-79(53-67)77-19-11-13-21-87(77)96-89)27-39-71(81)72-40-28-58(48-82(72)91)24-26-60-30-42-74-76-44-36-70(56-86(76)93(5,6)84(74)50-60)95(66-34-32-62-16-8-10-18-64(62)52-66)68-38-46-90-80(54-68)78-20-12-14-22-88(78)97-90/h7-56H,1-6H3. The summed E-state index contributed by atoms with van der Waals surface area (Å²) in [6.45, 7) is 14.4. The second-order valence-corrected chi connectivity index (χ2v) is 30.7. The first-order valence-electron chi connectivity index (χ1n) is 33.9. The maximum Gasteiger partial charge on any atom is 0.0468 e. The number of nitrogens with zero attached hydrogens (tertiary/aromatic N) is 2. The normalized spacial score (nSPS) is 14.5. The molecular formula is C93H68N2S2. The highest BCUT2D eigenvalue weighted by Gasteiger charge is 2.39. The molecule has 462 valence electrons. The van der Waals surface area contributed by atoms with E-state index < -0.39 is 0 Å². The van der Waals surface area contributed by atoms with E-state index in [2.05, 4.69) is 355 Å². The molecule has 97 heavy (non-hydrogen) atoms. The third kappa shape index (κ3) is 9.18. The van der Waals surface area contributed by atoms with Crippen molar-refractivity contribution in [3.63, 3.8) is 0 Å². The van der Waals surface area contributed by atoms with Crippen LogP contribution < -0.4 is 9.80 Å². The maximum absolute atomic E-state index is 2.46. The molecule has 0 bridgehead atoms. The van der Waals surface area contributed by atoms with Gasteiger partial charge < -0.3 is 9.80 Å². The molecule has 0 N–H and O–H groups in total. The predicted octanol–water partition coefficient (Wildman–Crippen LogP) is 26.9. The molecule has 2 heterocycles. The average molecular weight is 1280 g/mol. The SMILES string of the molecule is CC1(C)c2cc(C=Cc3ccc4c(c3)C(C)(C)c3cc(N(c5ccc6ccccc6c5)c5ccc6sc7ccccc7c6c5)ccc3-4)ccc2-c2ccc(C=Cc3ccc4c(c3)C(C)(C)c3cc(N(c5ccc6ccccc6c5)c5ccc6sc7ccccc7c6c5)ccc3-4)cc21. The molecular weight excluding hydrogens is 1210 g/mol. The second kappa shape index (κ2) is 21.6. The van der Waals surface area contributed by atoms with Crippen LogP contribution in [-0.4, -0.2) is 0 Å². The van der Waals surface area contributed by atoms with E-state index in [0.717, 1.165) is 34.1 Å². The van der Waals surface area contributed by atoms with Crippen LogP contribution in [0.2, 0.25) is 0 Å². The molecule has 0 saturated carbocycles. The van der Waals surface area contributed by atoms with Crippen LogP contribution in [0.1, 0.15) is 97.2 Å². The molecule has 0 radical (unpaired) electrons. The van der Waals surface area contributed by atoms with Crippen molar-refractivity contribution in [1.82, 2.24) is 0 Å². The van der Waals surface area contributed by atoms with E-state index in [4.69, 9.17) is 0 Å². The Labute approximate surface area is 574 Å². The summed E-state index contributed by atoms with van der Waals surface area (Å²) < 4.78 is 5.25. The van der Waals surface area contributed by atoms with Gasteiger partial charge in [-0.1, -0.05) is 248 Å². The second-order valence-electron chi connectivity index (χ2n) is 28.5. The number of anilines is 6. The third-order valence-electron chi connectivity index (χ3n) is 21.8. The summed E-state index contributed by atoms with van der Waals surface area (Å²) in [6, 6.07) is 105. The summed E-state index contributed by atoms with van der Waals surface area (Å²) in [5, 5.41) is 10.1. The van der Waals surface area contributed by atoms with Gasteiger partial charge in [-0.15, -0.1) is 22.7 Å². The smallest absolute Gasteiger partial charge is 0.0468 e. The molecule has 0 aliphatic heterocycles. The number of hydrogen-bond donors (Lipinski definition) is 0. The third-order valence-corrected chi connectivity index (χ3v) is 24.1. The number of hydrogen-bond acceptors (Lipinski definition) is 4. The quantitative estimate of drug-likeness (QED) is 0.126. The Kier molecular flexibility index (Phi) is 12.8. The molecule has 0 spiro atoms. The van der Waals surface area contributed by atoms with Crippen molar-refractivity contribution in [3.05, 3.63) is 335 Å². The predicted molar refractivity (Wildman–Crippen MR) is 420 cm³/mol. The molecule has 0 saturated heterocycles. The van der Waals surface area contributed by atoms with Crippen molar-refractivity contribution >= 4 is 143 Å². The van der Waals surface area contributed by atoms with Crippen molar-refractivity contribution in [1.29, 1.82) is 0 Å². The Hall–Kier alpha value is -10.9. The lowest BCUT2D eigenvalue weighted by atomic mass is 9.81. The molecule has 2 aromatic heterocycles. The highest BCUT2D eigenvalue weighted by Crippen LogP contribution is 2.55. The zero-order valence-corrected chi connectivity index (χ0v) is 56.7. The Bertz CT molecular complexity index is 5710. The van der Waals surface area contributed by atoms with Gasteiger partial charge in [0.1, 0.15) is 0 Å². The van der Waals surface area contributed by atoms with E-state index in [0.29, 0.717) is 0 Å². The van der Waals surface area contributed by atoms with Gasteiger partial charge in [0.25, 0.3) is 0 Å². The molecule has 16 aromatic rings. The first kappa shape index (κ1) is 57.6. The van der Waals surface area contributed by atoms with Crippen molar-refractivity contribution in [2.75, 3.05) is 9.80 Å².